The van der Waals surface area contributed by atoms with Crippen LogP contribution in [0, 0.1) is 5.92 Å². The maximum absolute atomic E-state index is 12.6. The lowest BCUT2D eigenvalue weighted by Crippen LogP contribution is -2.50. The van der Waals surface area contributed by atoms with Crippen molar-refractivity contribution in [1.82, 2.24) is 10.2 Å². The van der Waals surface area contributed by atoms with Crippen molar-refractivity contribution < 1.29 is 24.2 Å². The Balaban J connectivity index is 2.14. The van der Waals surface area contributed by atoms with Crippen LogP contribution in [-0.4, -0.2) is 52.2 Å². The van der Waals surface area contributed by atoms with Crippen LogP contribution in [0.3, 0.4) is 0 Å². The number of likely N-dealkylation sites (tertiary alicyclic amines) is 1. The third-order valence-electron chi connectivity index (χ3n) is 4.41. The van der Waals surface area contributed by atoms with Gasteiger partial charge in [0.25, 0.3) is 0 Å². The third kappa shape index (κ3) is 5.98. The molecule has 2 N–H and O–H groups in total. The van der Waals surface area contributed by atoms with E-state index in [1.165, 1.54) is 11.8 Å². The Kier molecular flexibility index (Phi) is 6.46. The molecule has 148 valence electrons. The molecule has 0 aromatic heterocycles. The number of amides is 2. The second kappa shape index (κ2) is 8.41. The van der Waals surface area contributed by atoms with Gasteiger partial charge < -0.3 is 15.2 Å². The number of aliphatic carboxylic acids is 1. The smallest absolute Gasteiger partial charge is 0.410 e. The first kappa shape index (κ1) is 20.7. The van der Waals surface area contributed by atoms with Crippen molar-refractivity contribution in [3.05, 3.63) is 35.9 Å². The first-order valence-electron chi connectivity index (χ1n) is 9.13. The first-order chi connectivity index (χ1) is 12.6. The van der Waals surface area contributed by atoms with E-state index in [9.17, 15) is 14.4 Å². The number of benzene rings is 1. The van der Waals surface area contributed by atoms with Gasteiger partial charge in [0, 0.05) is 6.54 Å². The maximum Gasteiger partial charge on any atom is 0.410 e. The van der Waals surface area contributed by atoms with Gasteiger partial charge in [-0.05, 0) is 52.0 Å². The molecule has 1 aromatic carbocycles. The van der Waals surface area contributed by atoms with E-state index in [1.807, 2.05) is 30.3 Å². The number of ether oxygens (including phenoxy) is 1. The quantitative estimate of drug-likeness (QED) is 0.823. The van der Waals surface area contributed by atoms with Crippen LogP contribution < -0.4 is 5.32 Å². The topological polar surface area (TPSA) is 95.9 Å². The zero-order valence-electron chi connectivity index (χ0n) is 16.3. The molecule has 1 aromatic rings. The van der Waals surface area contributed by atoms with Gasteiger partial charge in [0.05, 0.1) is 0 Å². The summed E-state index contributed by atoms with van der Waals surface area (Å²) in [5, 5.41) is 11.5. The zero-order valence-corrected chi connectivity index (χ0v) is 16.3. The fourth-order valence-electron chi connectivity index (χ4n) is 3.16. The monoisotopic (exact) mass is 376 g/mol. The Hall–Kier alpha value is -2.57. The Bertz CT molecular complexity index is 683. The molecule has 27 heavy (non-hydrogen) atoms. The minimum atomic E-state index is -1.12. The van der Waals surface area contributed by atoms with E-state index >= 15 is 0 Å². The molecular formula is C20H28N2O5. The fraction of sp³-hybridized carbons (Fsp3) is 0.550. The van der Waals surface area contributed by atoms with Crippen molar-refractivity contribution in [3.8, 4) is 0 Å². The number of carbonyl (C=O) groups is 3. The van der Waals surface area contributed by atoms with Crippen molar-refractivity contribution in [1.29, 1.82) is 0 Å². The van der Waals surface area contributed by atoms with E-state index in [2.05, 4.69) is 5.32 Å². The molecule has 1 saturated heterocycles. The number of carboxylic acids is 1. The van der Waals surface area contributed by atoms with E-state index in [0.717, 1.165) is 12.0 Å². The summed E-state index contributed by atoms with van der Waals surface area (Å²) in [5.41, 5.74) is 0.455. The Morgan fingerprint density at radius 1 is 1.26 bits per heavy atom. The summed E-state index contributed by atoms with van der Waals surface area (Å²) in [6.45, 7) is 7.09. The Morgan fingerprint density at radius 3 is 2.44 bits per heavy atom. The Morgan fingerprint density at radius 2 is 1.89 bits per heavy atom. The average molecular weight is 376 g/mol. The lowest BCUT2D eigenvalue weighted by Gasteiger charge is -2.28. The highest BCUT2D eigenvalue weighted by Crippen LogP contribution is 2.28. The second-order valence-corrected chi connectivity index (χ2v) is 8.01. The molecule has 2 unspecified atom stereocenters. The van der Waals surface area contributed by atoms with E-state index in [4.69, 9.17) is 9.84 Å². The highest BCUT2D eigenvalue weighted by molar-refractivity contribution is 5.89. The number of nitrogens with one attached hydrogen (secondary N) is 1. The van der Waals surface area contributed by atoms with E-state index in [-0.39, 0.29) is 5.92 Å². The minimum Gasteiger partial charge on any atom is -0.480 e. The van der Waals surface area contributed by atoms with Crippen molar-refractivity contribution >= 4 is 18.0 Å². The molecule has 1 heterocycles. The molecule has 7 nitrogen and oxygen atoms in total. The average Bonchev–Trinajstić information content (AvgIpc) is 2.98. The van der Waals surface area contributed by atoms with Crippen LogP contribution in [0.25, 0.3) is 0 Å². The molecule has 1 aliphatic rings. The minimum absolute atomic E-state index is 0.0933. The summed E-state index contributed by atoms with van der Waals surface area (Å²) in [5.74, 6) is -1.49. The highest BCUT2D eigenvalue weighted by Gasteiger charge is 2.41. The molecule has 0 aliphatic carbocycles. The van der Waals surface area contributed by atoms with E-state index in [1.54, 1.807) is 20.8 Å². The van der Waals surface area contributed by atoms with Crippen LogP contribution in [0.2, 0.25) is 0 Å². The number of carbonyl (C=O) groups excluding carboxylic acids is 2. The van der Waals surface area contributed by atoms with E-state index < -0.39 is 35.7 Å². The molecule has 0 spiro atoms. The molecule has 2 rings (SSSR count). The number of nitrogens with zero attached hydrogens (tertiary/aromatic N) is 1. The van der Waals surface area contributed by atoms with Crippen molar-refractivity contribution in [3.63, 3.8) is 0 Å². The van der Waals surface area contributed by atoms with Gasteiger partial charge in [-0.25, -0.2) is 4.79 Å². The predicted octanol–water partition coefficient (Wildman–Crippen LogP) is 2.44. The summed E-state index contributed by atoms with van der Waals surface area (Å²) in [4.78, 5) is 37.7. The van der Waals surface area contributed by atoms with Gasteiger partial charge in [-0.2, -0.15) is 0 Å². The van der Waals surface area contributed by atoms with Gasteiger partial charge in [-0.1, -0.05) is 30.3 Å². The summed E-state index contributed by atoms with van der Waals surface area (Å²) in [6, 6.07) is 8.11. The molecular weight excluding hydrogens is 348 g/mol. The Labute approximate surface area is 159 Å². The molecule has 0 radical (unpaired) electrons. The second-order valence-electron chi connectivity index (χ2n) is 8.01. The molecule has 7 heteroatoms. The largest absolute Gasteiger partial charge is 0.480 e. The van der Waals surface area contributed by atoms with Crippen molar-refractivity contribution in [2.45, 2.75) is 58.2 Å². The van der Waals surface area contributed by atoms with Crippen LogP contribution in [0.5, 0.6) is 0 Å². The normalized spacial score (nSPS) is 20.8. The summed E-state index contributed by atoms with van der Waals surface area (Å²) in [7, 11) is 0. The lowest BCUT2D eigenvalue weighted by atomic mass is 9.96. The SMILES string of the molecule is C[C@H](NC(=O)C1CC(Cc2ccccc2)CN1C(=O)OC(C)(C)C)C(=O)O. The van der Waals surface area contributed by atoms with Gasteiger partial charge in [0.2, 0.25) is 5.91 Å². The third-order valence-corrected chi connectivity index (χ3v) is 4.41. The predicted molar refractivity (Wildman–Crippen MR) is 100 cm³/mol. The van der Waals surface area contributed by atoms with Gasteiger partial charge in [-0.15, -0.1) is 0 Å². The van der Waals surface area contributed by atoms with Gasteiger partial charge in [0.1, 0.15) is 17.7 Å². The van der Waals surface area contributed by atoms with Crippen LogP contribution in [0.15, 0.2) is 30.3 Å². The van der Waals surface area contributed by atoms with Crippen LogP contribution in [0.4, 0.5) is 4.79 Å². The van der Waals surface area contributed by atoms with Gasteiger partial charge in [-0.3, -0.25) is 14.5 Å². The maximum atomic E-state index is 12.6. The molecule has 2 amide bonds. The molecule has 0 bridgehead atoms. The molecule has 0 saturated carbocycles. The summed E-state index contributed by atoms with van der Waals surface area (Å²) in [6.07, 6.45) is 0.645. The highest BCUT2D eigenvalue weighted by atomic mass is 16.6. The first-order valence-corrected chi connectivity index (χ1v) is 9.13. The summed E-state index contributed by atoms with van der Waals surface area (Å²) < 4.78 is 5.44. The van der Waals surface area contributed by atoms with Crippen molar-refractivity contribution in [2.75, 3.05) is 6.54 Å². The zero-order chi connectivity index (χ0) is 20.2. The fourth-order valence-corrected chi connectivity index (χ4v) is 3.16. The molecule has 3 atom stereocenters. The van der Waals surface area contributed by atoms with Crippen LogP contribution >= 0.6 is 0 Å². The molecule has 1 aliphatic heterocycles. The van der Waals surface area contributed by atoms with E-state index in [0.29, 0.717) is 13.0 Å². The standard InChI is InChI=1S/C20H28N2O5/c1-13(18(24)25)21-17(23)16-11-15(10-14-8-6-5-7-9-14)12-22(16)19(26)27-20(2,3)4/h5-9,13,15-16H,10-12H2,1-4H3,(H,21,23)(H,24,25)/t13-,15?,16?/m0/s1. The summed E-state index contributed by atoms with van der Waals surface area (Å²) >= 11 is 0. The molecule has 1 fully saturated rings. The number of rotatable bonds is 5. The van der Waals surface area contributed by atoms with Crippen LogP contribution in [0.1, 0.15) is 39.7 Å². The van der Waals surface area contributed by atoms with Gasteiger partial charge in [0.15, 0.2) is 0 Å². The van der Waals surface area contributed by atoms with Gasteiger partial charge >= 0.3 is 12.1 Å². The number of carboxylic acid groups (broad SMARTS) is 1. The lowest BCUT2D eigenvalue weighted by molar-refractivity contribution is -0.141. The number of hydrogen-bond acceptors (Lipinski definition) is 4. The van der Waals surface area contributed by atoms with Crippen LogP contribution in [-0.2, 0) is 20.7 Å². The van der Waals surface area contributed by atoms with Crippen molar-refractivity contribution in [2.24, 2.45) is 5.92 Å². The number of hydrogen-bond donors (Lipinski definition) is 2.